The summed E-state index contributed by atoms with van der Waals surface area (Å²) in [6, 6.07) is 12.0. The van der Waals surface area contributed by atoms with Crippen LogP contribution in [0, 0.1) is 5.82 Å². The molecular weight excluding hydrogens is 517 g/mol. The van der Waals surface area contributed by atoms with E-state index in [1.165, 1.54) is 28.0 Å². The van der Waals surface area contributed by atoms with Crippen LogP contribution in [0.25, 0.3) is 0 Å². The lowest BCUT2D eigenvalue weighted by Crippen LogP contribution is -2.65. The van der Waals surface area contributed by atoms with Gasteiger partial charge in [0.2, 0.25) is 0 Å². The van der Waals surface area contributed by atoms with Crippen LogP contribution in [-0.4, -0.2) is 59.0 Å². The predicted molar refractivity (Wildman–Crippen MR) is 134 cm³/mol. The summed E-state index contributed by atoms with van der Waals surface area (Å²) in [6.07, 6.45) is 2.39. The zero-order valence-electron chi connectivity index (χ0n) is 19.3. The number of urea groups is 1. The fourth-order valence-corrected chi connectivity index (χ4v) is 5.02. The Morgan fingerprint density at radius 2 is 1.69 bits per heavy atom. The molecule has 1 atom stereocenters. The van der Waals surface area contributed by atoms with Gasteiger partial charge in [0.1, 0.15) is 5.82 Å². The zero-order chi connectivity index (χ0) is 24.9. The van der Waals surface area contributed by atoms with Gasteiger partial charge in [0.25, 0.3) is 11.8 Å². The number of benzene rings is 2. The van der Waals surface area contributed by atoms with E-state index in [0.29, 0.717) is 18.7 Å². The Labute approximate surface area is 212 Å². The summed E-state index contributed by atoms with van der Waals surface area (Å²) in [5.41, 5.74) is 6.67. The summed E-state index contributed by atoms with van der Waals surface area (Å²) in [4.78, 5) is 42.9. The molecule has 4 rings (SSSR count). The van der Waals surface area contributed by atoms with E-state index < -0.39 is 29.8 Å². The Balaban J connectivity index is 1.59. The van der Waals surface area contributed by atoms with E-state index in [1.807, 2.05) is 6.07 Å². The van der Waals surface area contributed by atoms with Crippen molar-refractivity contribution in [2.75, 3.05) is 18.4 Å². The molecule has 0 radical (unpaired) electrons. The second kappa shape index (κ2) is 11.2. The first-order valence-electron chi connectivity index (χ1n) is 11.8. The van der Waals surface area contributed by atoms with Crippen LogP contribution in [-0.2, 0) is 4.79 Å². The van der Waals surface area contributed by atoms with Gasteiger partial charge in [-0.25, -0.2) is 9.18 Å². The number of nitrogens with two attached hydrogens (primary N) is 1. The van der Waals surface area contributed by atoms with Gasteiger partial charge in [-0.3, -0.25) is 14.5 Å². The standard InChI is InChI=1S/C25H29BrFN5O3/c26-17-5-2-7-21(15-17)30-25(35)32-13-3-12-31(24(34)16-4-1-6-18(27)14-16)23(32)22(33)29-20-10-8-19(28)9-11-20/h1-2,4-7,14-15,19-20,23H,3,8-13,28H2,(H,29,33)(H,30,35). The van der Waals surface area contributed by atoms with Crippen LogP contribution >= 0.6 is 15.9 Å². The Bertz CT molecular complexity index is 1090. The van der Waals surface area contributed by atoms with Crippen molar-refractivity contribution >= 4 is 39.5 Å². The molecule has 2 aromatic rings. The van der Waals surface area contributed by atoms with Crippen molar-refractivity contribution in [2.45, 2.75) is 50.4 Å². The van der Waals surface area contributed by atoms with E-state index in [2.05, 4.69) is 26.6 Å². The van der Waals surface area contributed by atoms with Crippen molar-refractivity contribution in [1.82, 2.24) is 15.1 Å². The highest BCUT2D eigenvalue weighted by atomic mass is 79.9. The summed E-state index contributed by atoms with van der Waals surface area (Å²) in [7, 11) is 0. The molecule has 8 nitrogen and oxygen atoms in total. The maximum Gasteiger partial charge on any atom is 0.323 e. The highest BCUT2D eigenvalue weighted by Gasteiger charge is 2.41. The number of halogens is 2. The second-order valence-corrected chi connectivity index (χ2v) is 9.91. The number of carbonyl (C=O) groups excluding carboxylic acids is 3. The molecule has 35 heavy (non-hydrogen) atoms. The third-order valence-corrected chi connectivity index (χ3v) is 6.90. The van der Waals surface area contributed by atoms with Gasteiger partial charge in [-0.1, -0.05) is 28.1 Å². The molecule has 4 amide bonds. The molecule has 1 heterocycles. The molecule has 1 aliphatic heterocycles. The highest BCUT2D eigenvalue weighted by Crippen LogP contribution is 2.23. The maximum atomic E-state index is 13.8. The number of hydrogen-bond donors (Lipinski definition) is 3. The largest absolute Gasteiger partial charge is 0.350 e. The van der Waals surface area contributed by atoms with Crippen molar-refractivity contribution in [1.29, 1.82) is 0 Å². The number of nitrogens with one attached hydrogen (secondary N) is 2. The van der Waals surface area contributed by atoms with Crippen LogP contribution in [0.5, 0.6) is 0 Å². The summed E-state index contributed by atoms with van der Waals surface area (Å²) >= 11 is 3.38. The van der Waals surface area contributed by atoms with Crippen molar-refractivity contribution in [3.05, 3.63) is 64.4 Å². The molecule has 0 spiro atoms. The quantitative estimate of drug-likeness (QED) is 0.544. The second-order valence-electron chi connectivity index (χ2n) is 8.99. The lowest BCUT2D eigenvalue weighted by Gasteiger charge is -2.43. The minimum Gasteiger partial charge on any atom is -0.350 e. The molecule has 4 N–H and O–H groups in total. The van der Waals surface area contributed by atoms with Crippen molar-refractivity contribution < 1.29 is 18.8 Å². The van der Waals surface area contributed by atoms with Gasteiger partial charge in [0, 0.05) is 40.9 Å². The molecule has 1 unspecified atom stereocenters. The van der Waals surface area contributed by atoms with E-state index in [0.717, 1.165) is 36.2 Å². The first-order valence-corrected chi connectivity index (χ1v) is 12.6. The molecule has 1 aliphatic carbocycles. The van der Waals surface area contributed by atoms with Gasteiger partial charge in [0.05, 0.1) is 0 Å². The number of carbonyl (C=O) groups is 3. The minimum absolute atomic E-state index is 0.0784. The maximum absolute atomic E-state index is 13.8. The summed E-state index contributed by atoms with van der Waals surface area (Å²) in [5.74, 6) is -1.48. The van der Waals surface area contributed by atoms with E-state index >= 15 is 0 Å². The fourth-order valence-electron chi connectivity index (χ4n) is 4.62. The van der Waals surface area contributed by atoms with Gasteiger partial charge in [-0.05, 0) is 68.5 Å². The van der Waals surface area contributed by atoms with Gasteiger partial charge in [-0.2, -0.15) is 0 Å². The Hall–Kier alpha value is -2.98. The number of amides is 4. The van der Waals surface area contributed by atoms with Crippen LogP contribution < -0.4 is 16.4 Å². The van der Waals surface area contributed by atoms with Crippen LogP contribution in [0.2, 0.25) is 0 Å². The average molecular weight is 546 g/mol. The molecule has 10 heteroatoms. The highest BCUT2D eigenvalue weighted by molar-refractivity contribution is 9.10. The van der Waals surface area contributed by atoms with Crippen molar-refractivity contribution in [2.24, 2.45) is 5.73 Å². The van der Waals surface area contributed by atoms with E-state index in [9.17, 15) is 18.8 Å². The van der Waals surface area contributed by atoms with Crippen LogP contribution in [0.15, 0.2) is 53.0 Å². The Morgan fingerprint density at radius 1 is 0.971 bits per heavy atom. The first-order chi connectivity index (χ1) is 16.8. The molecule has 0 bridgehead atoms. The number of anilines is 1. The third-order valence-electron chi connectivity index (χ3n) is 6.41. The van der Waals surface area contributed by atoms with Crippen LogP contribution in [0.4, 0.5) is 14.9 Å². The van der Waals surface area contributed by atoms with Gasteiger partial charge in [-0.15, -0.1) is 0 Å². The smallest absolute Gasteiger partial charge is 0.323 e. The van der Waals surface area contributed by atoms with Gasteiger partial charge >= 0.3 is 6.03 Å². The molecule has 1 saturated carbocycles. The minimum atomic E-state index is -1.16. The normalized spacial score (nSPS) is 22.4. The van der Waals surface area contributed by atoms with E-state index in [4.69, 9.17) is 5.73 Å². The van der Waals surface area contributed by atoms with Crippen molar-refractivity contribution in [3.8, 4) is 0 Å². The molecule has 1 saturated heterocycles. The van der Waals surface area contributed by atoms with Crippen LogP contribution in [0.3, 0.4) is 0 Å². The molecule has 2 fully saturated rings. The molecular formula is C25H29BrFN5O3. The number of nitrogens with zero attached hydrogens (tertiary/aromatic N) is 2. The zero-order valence-corrected chi connectivity index (χ0v) is 20.8. The first kappa shape index (κ1) is 25.1. The summed E-state index contributed by atoms with van der Waals surface area (Å²) in [6.45, 7) is 0.560. The molecule has 0 aromatic heterocycles. The molecule has 2 aliphatic rings. The Kier molecular flexibility index (Phi) is 8.02. The van der Waals surface area contributed by atoms with Gasteiger partial charge in [0.15, 0.2) is 6.17 Å². The summed E-state index contributed by atoms with van der Waals surface area (Å²) in [5, 5.41) is 5.84. The predicted octanol–water partition coefficient (Wildman–Crippen LogP) is 3.68. The van der Waals surface area contributed by atoms with Gasteiger partial charge < -0.3 is 21.3 Å². The average Bonchev–Trinajstić information content (AvgIpc) is 2.84. The van der Waals surface area contributed by atoms with E-state index in [-0.39, 0.29) is 24.2 Å². The van der Waals surface area contributed by atoms with E-state index in [1.54, 1.807) is 18.2 Å². The van der Waals surface area contributed by atoms with Crippen LogP contribution in [0.1, 0.15) is 42.5 Å². The third kappa shape index (κ3) is 6.18. The topological polar surface area (TPSA) is 108 Å². The lowest BCUT2D eigenvalue weighted by atomic mass is 9.91. The monoisotopic (exact) mass is 545 g/mol. The SMILES string of the molecule is NC1CCC(NC(=O)C2N(C(=O)Nc3cccc(Br)c3)CCCN2C(=O)c2cccc(F)c2)CC1. The lowest BCUT2D eigenvalue weighted by molar-refractivity contribution is -0.133. The molecule has 186 valence electrons. The summed E-state index contributed by atoms with van der Waals surface area (Å²) < 4.78 is 14.6. The number of hydrogen-bond acceptors (Lipinski definition) is 4. The fraction of sp³-hybridized carbons (Fsp3) is 0.400. The number of rotatable bonds is 4. The Morgan fingerprint density at radius 3 is 2.40 bits per heavy atom. The van der Waals surface area contributed by atoms with Crippen molar-refractivity contribution in [3.63, 3.8) is 0 Å². The molecule has 2 aromatic carbocycles.